The molecule has 2 N–H and O–H groups in total. The number of anilines is 1. The van der Waals surface area contributed by atoms with E-state index in [9.17, 15) is 18.4 Å². The predicted molar refractivity (Wildman–Crippen MR) is 89.8 cm³/mol. The van der Waals surface area contributed by atoms with Crippen LogP contribution in [-0.2, 0) is 9.59 Å². The minimum atomic E-state index is -0.798. The summed E-state index contributed by atoms with van der Waals surface area (Å²) >= 11 is 0. The molecular weight excluding hydrogens is 328 g/mol. The van der Waals surface area contributed by atoms with Gasteiger partial charge in [0.1, 0.15) is 11.6 Å². The zero-order valence-corrected chi connectivity index (χ0v) is 14.3. The molecule has 1 aromatic rings. The van der Waals surface area contributed by atoms with Crippen LogP contribution in [0.1, 0.15) is 32.6 Å². The highest BCUT2D eigenvalue weighted by Gasteiger charge is 2.40. The Labute approximate surface area is 145 Å². The topological polar surface area (TPSA) is 66.6 Å². The van der Waals surface area contributed by atoms with Gasteiger partial charge in [-0.1, -0.05) is 0 Å². The van der Waals surface area contributed by atoms with Gasteiger partial charge >= 0.3 is 0 Å². The Balaban J connectivity index is 1.76. The molecule has 0 spiro atoms. The third-order valence-corrected chi connectivity index (χ3v) is 5.11. The first-order valence-corrected chi connectivity index (χ1v) is 8.70. The molecule has 0 aromatic heterocycles. The van der Waals surface area contributed by atoms with Crippen molar-refractivity contribution in [1.82, 2.24) is 4.90 Å². The Morgan fingerprint density at radius 2 is 2.08 bits per heavy atom. The van der Waals surface area contributed by atoms with Gasteiger partial charge in [0.05, 0.1) is 11.6 Å². The fourth-order valence-corrected chi connectivity index (χ4v) is 3.82. The fraction of sp³-hybridized carbons (Fsp3) is 0.556. The number of nitrogens with two attached hydrogens (primary N) is 1. The molecular formula is C18H23F2N3O2. The lowest BCUT2D eigenvalue weighted by Crippen LogP contribution is -2.53. The third kappa shape index (κ3) is 3.51. The van der Waals surface area contributed by atoms with Gasteiger partial charge in [-0.25, -0.2) is 8.78 Å². The third-order valence-electron chi connectivity index (χ3n) is 5.11. The molecule has 2 heterocycles. The van der Waals surface area contributed by atoms with E-state index in [2.05, 4.69) is 0 Å². The van der Waals surface area contributed by atoms with Crippen molar-refractivity contribution < 1.29 is 18.4 Å². The highest BCUT2D eigenvalue weighted by atomic mass is 19.1. The highest BCUT2D eigenvalue weighted by molar-refractivity contribution is 6.00. The summed E-state index contributed by atoms with van der Waals surface area (Å²) in [4.78, 5) is 28.2. The number of nitrogens with zero attached hydrogens (tertiary/aromatic N) is 2. The zero-order chi connectivity index (χ0) is 18.1. The van der Waals surface area contributed by atoms with E-state index >= 15 is 0 Å². The lowest BCUT2D eigenvalue weighted by Gasteiger charge is -2.39. The average Bonchev–Trinajstić information content (AvgIpc) is 2.96. The zero-order valence-electron chi connectivity index (χ0n) is 14.3. The van der Waals surface area contributed by atoms with Crippen LogP contribution in [0.3, 0.4) is 0 Å². The summed E-state index contributed by atoms with van der Waals surface area (Å²) in [7, 11) is 0. The second-order valence-electron chi connectivity index (χ2n) is 6.96. The van der Waals surface area contributed by atoms with Crippen LogP contribution in [-0.4, -0.2) is 41.9 Å². The van der Waals surface area contributed by atoms with E-state index in [0.29, 0.717) is 6.54 Å². The standard InChI is InChI=1S/C18H23F2N3O2/c1-11(21)15-4-2-3-7-22(15)18(25)12-8-17(24)23(10-12)16-6-5-13(19)9-14(16)20/h5-6,9,11-12,15H,2-4,7-8,10,21H2,1H3. The van der Waals surface area contributed by atoms with E-state index < -0.39 is 17.6 Å². The summed E-state index contributed by atoms with van der Waals surface area (Å²) in [5.74, 6) is -2.43. The smallest absolute Gasteiger partial charge is 0.228 e. The molecule has 2 aliphatic rings. The van der Waals surface area contributed by atoms with E-state index in [1.165, 1.54) is 11.0 Å². The van der Waals surface area contributed by atoms with Crippen molar-refractivity contribution in [3.63, 3.8) is 0 Å². The molecule has 0 saturated carbocycles. The number of hydrogen-bond donors (Lipinski definition) is 1. The number of carbonyl (C=O) groups is 2. The molecule has 25 heavy (non-hydrogen) atoms. The SMILES string of the molecule is CC(N)C1CCCCN1C(=O)C1CC(=O)N(c2ccc(F)cc2F)C1. The van der Waals surface area contributed by atoms with Gasteiger partial charge in [0.2, 0.25) is 11.8 Å². The van der Waals surface area contributed by atoms with Crippen LogP contribution in [0, 0.1) is 17.6 Å². The maximum absolute atomic E-state index is 14.0. The van der Waals surface area contributed by atoms with E-state index in [-0.39, 0.29) is 42.6 Å². The van der Waals surface area contributed by atoms with Crippen molar-refractivity contribution in [2.75, 3.05) is 18.0 Å². The number of piperidine rings is 1. The van der Waals surface area contributed by atoms with Crippen LogP contribution < -0.4 is 10.6 Å². The Morgan fingerprint density at radius 3 is 2.76 bits per heavy atom. The quantitative estimate of drug-likeness (QED) is 0.906. The molecule has 1 aromatic carbocycles. The predicted octanol–water partition coefficient (Wildman–Crippen LogP) is 2.05. The number of likely N-dealkylation sites (tertiary alicyclic amines) is 1. The number of amides is 2. The van der Waals surface area contributed by atoms with Gasteiger partial charge in [-0.15, -0.1) is 0 Å². The summed E-state index contributed by atoms with van der Waals surface area (Å²) in [6.07, 6.45) is 2.86. The van der Waals surface area contributed by atoms with Crippen LogP contribution in [0.25, 0.3) is 0 Å². The minimum absolute atomic E-state index is 0.0177. The van der Waals surface area contributed by atoms with Gasteiger partial charge in [0, 0.05) is 37.7 Å². The fourth-order valence-electron chi connectivity index (χ4n) is 3.82. The average molecular weight is 351 g/mol. The Kier molecular flexibility index (Phi) is 5.03. The number of halogens is 2. The minimum Gasteiger partial charge on any atom is -0.338 e. The van der Waals surface area contributed by atoms with E-state index in [1.54, 1.807) is 4.90 Å². The lowest BCUT2D eigenvalue weighted by molar-refractivity contribution is -0.139. The number of hydrogen-bond acceptors (Lipinski definition) is 3. The summed E-state index contributed by atoms with van der Waals surface area (Å²) in [6.45, 7) is 2.64. The van der Waals surface area contributed by atoms with Gasteiger partial charge in [-0.2, -0.15) is 0 Å². The molecule has 2 fully saturated rings. The Bertz CT molecular complexity index is 680. The molecule has 2 aliphatic heterocycles. The number of rotatable bonds is 3. The maximum atomic E-state index is 14.0. The largest absolute Gasteiger partial charge is 0.338 e. The second-order valence-corrected chi connectivity index (χ2v) is 6.96. The first-order chi connectivity index (χ1) is 11.9. The molecule has 3 atom stereocenters. The molecule has 3 rings (SSSR count). The maximum Gasteiger partial charge on any atom is 0.228 e. The van der Waals surface area contributed by atoms with Crippen molar-refractivity contribution in [1.29, 1.82) is 0 Å². The van der Waals surface area contributed by atoms with Gasteiger partial charge in [0.15, 0.2) is 0 Å². The first-order valence-electron chi connectivity index (χ1n) is 8.70. The second kappa shape index (κ2) is 7.07. The van der Waals surface area contributed by atoms with Crippen molar-refractivity contribution in [2.24, 2.45) is 11.7 Å². The normalized spacial score (nSPS) is 25.4. The lowest BCUT2D eigenvalue weighted by atomic mass is 9.94. The van der Waals surface area contributed by atoms with Crippen LogP contribution in [0.5, 0.6) is 0 Å². The van der Waals surface area contributed by atoms with Crippen molar-refractivity contribution >= 4 is 17.5 Å². The van der Waals surface area contributed by atoms with Crippen LogP contribution in [0.4, 0.5) is 14.5 Å². The van der Waals surface area contributed by atoms with Crippen molar-refractivity contribution in [2.45, 2.75) is 44.7 Å². The molecule has 0 bridgehead atoms. The first kappa shape index (κ1) is 17.8. The highest BCUT2D eigenvalue weighted by Crippen LogP contribution is 2.30. The summed E-state index contributed by atoms with van der Waals surface area (Å²) < 4.78 is 27.1. The monoisotopic (exact) mass is 351 g/mol. The van der Waals surface area contributed by atoms with E-state index in [0.717, 1.165) is 31.4 Å². The van der Waals surface area contributed by atoms with Crippen LogP contribution in [0.2, 0.25) is 0 Å². The molecule has 2 saturated heterocycles. The summed E-state index contributed by atoms with van der Waals surface area (Å²) in [5, 5.41) is 0. The van der Waals surface area contributed by atoms with Gasteiger partial charge < -0.3 is 15.5 Å². The van der Waals surface area contributed by atoms with Crippen LogP contribution in [0.15, 0.2) is 18.2 Å². The number of benzene rings is 1. The van der Waals surface area contributed by atoms with Crippen LogP contribution >= 0.6 is 0 Å². The summed E-state index contributed by atoms with van der Waals surface area (Å²) in [6, 6.07) is 2.94. The molecule has 3 unspecified atom stereocenters. The Morgan fingerprint density at radius 1 is 1.32 bits per heavy atom. The molecule has 0 radical (unpaired) electrons. The van der Waals surface area contributed by atoms with Gasteiger partial charge in [0.25, 0.3) is 0 Å². The van der Waals surface area contributed by atoms with Gasteiger partial charge in [-0.05, 0) is 38.3 Å². The summed E-state index contributed by atoms with van der Waals surface area (Å²) in [5.41, 5.74) is 6.04. The van der Waals surface area contributed by atoms with E-state index in [4.69, 9.17) is 5.73 Å². The molecule has 0 aliphatic carbocycles. The van der Waals surface area contributed by atoms with Gasteiger partial charge in [-0.3, -0.25) is 9.59 Å². The molecule has 2 amide bonds. The van der Waals surface area contributed by atoms with Crippen molar-refractivity contribution in [3.05, 3.63) is 29.8 Å². The molecule has 136 valence electrons. The number of carbonyl (C=O) groups excluding carboxylic acids is 2. The molecule has 7 heteroatoms. The Hall–Kier alpha value is -2.02. The van der Waals surface area contributed by atoms with E-state index in [1.807, 2.05) is 6.92 Å². The molecule has 5 nitrogen and oxygen atoms in total. The van der Waals surface area contributed by atoms with Crippen molar-refractivity contribution in [3.8, 4) is 0 Å².